The summed E-state index contributed by atoms with van der Waals surface area (Å²) in [6.45, 7) is 0. The first kappa shape index (κ1) is 17.1. The Kier molecular flexibility index (Phi) is 4.23. The van der Waals surface area contributed by atoms with E-state index in [0.717, 1.165) is 36.1 Å². The normalized spacial score (nSPS) is 16.8. The molecule has 2 aliphatic rings. The second kappa shape index (κ2) is 6.43. The van der Waals surface area contributed by atoms with Crippen LogP contribution < -0.4 is 9.62 Å². The molecule has 0 bridgehead atoms. The first-order chi connectivity index (χ1) is 12.4. The Balaban J connectivity index is 1.61. The van der Waals surface area contributed by atoms with Crippen molar-refractivity contribution in [3.8, 4) is 0 Å². The Morgan fingerprint density at radius 2 is 1.65 bits per heavy atom. The molecule has 6 heteroatoms. The highest BCUT2D eigenvalue weighted by Crippen LogP contribution is 2.30. The fraction of sp³-hybridized carbons (Fsp3) is 0.350. The number of benzene rings is 2. The van der Waals surface area contributed by atoms with Gasteiger partial charge in [-0.15, -0.1) is 0 Å². The molecule has 0 aromatic heterocycles. The number of nitrogens with one attached hydrogen (secondary N) is 1. The quantitative estimate of drug-likeness (QED) is 0.902. The van der Waals surface area contributed by atoms with Gasteiger partial charge >= 0.3 is 0 Å². The van der Waals surface area contributed by atoms with Gasteiger partial charge in [0.15, 0.2) is 0 Å². The third kappa shape index (κ3) is 3.09. The molecule has 0 saturated heterocycles. The van der Waals surface area contributed by atoms with Crippen molar-refractivity contribution in [2.75, 3.05) is 16.7 Å². The van der Waals surface area contributed by atoms with Crippen molar-refractivity contribution in [2.45, 2.75) is 43.4 Å². The van der Waals surface area contributed by atoms with Gasteiger partial charge in [0.25, 0.3) is 10.0 Å². The molecule has 1 N–H and O–H groups in total. The largest absolute Gasteiger partial charge is 0.315 e. The zero-order valence-electron chi connectivity index (χ0n) is 14.8. The van der Waals surface area contributed by atoms with Crippen LogP contribution in [0.5, 0.6) is 0 Å². The van der Waals surface area contributed by atoms with Crippen molar-refractivity contribution in [3.05, 3.63) is 53.1 Å². The van der Waals surface area contributed by atoms with Gasteiger partial charge < -0.3 is 4.90 Å². The topological polar surface area (TPSA) is 66.5 Å². The SMILES string of the molecule is CN1C(=O)CCc2cc(NS(=O)(=O)c3ccc4c(c3)CCCC4)ccc21. The van der Waals surface area contributed by atoms with E-state index >= 15 is 0 Å². The highest BCUT2D eigenvalue weighted by Gasteiger charge is 2.22. The number of nitrogens with zero attached hydrogens (tertiary/aromatic N) is 1. The van der Waals surface area contributed by atoms with Crippen LogP contribution in [-0.2, 0) is 34.1 Å². The van der Waals surface area contributed by atoms with E-state index in [-0.39, 0.29) is 5.91 Å². The van der Waals surface area contributed by atoms with Gasteiger partial charge in [-0.1, -0.05) is 6.07 Å². The van der Waals surface area contributed by atoms with Crippen LogP contribution in [0.2, 0.25) is 0 Å². The van der Waals surface area contributed by atoms with Crippen LogP contribution in [0.4, 0.5) is 11.4 Å². The highest BCUT2D eigenvalue weighted by molar-refractivity contribution is 7.92. The molecular weight excluding hydrogens is 348 g/mol. The van der Waals surface area contributed by atoms with Gasteiger partial charge in [0.05, 0.1) is 4.90 Å². The minimum Gasteiger partial charge on any atom is -0.315 e. The molecule has 1 amide bonds. The van der Waals surface area contributed by atoms with E-state index in [0.29, 0.717) is 23.4 Å². The second-order valence-corrected chi connectivity index (χ2v) is 8.72. The molecule has 0 spiro atoms. The van der Waals surface area contributed by atoms with Gasteiger partial charge in [-0.2, -0.15) is 0 Å². The van der Waals surface area contributed by atoms with Gasteiger partial charge in [0, 0.05) is 24.8 Å². The van der Waals surface area contributed by atoms with E-state index in [2.05, 4.69) is 4.72 Å². The molecule has 5 nitrogen and oxygen atoms in total. The number of hydrogen-bond donors (Lipinski definition) is 1. The van der Waals surface area contributed by atoms with Gasteiger partial charge in [-0.25, -0.2) is 8.42 Å². The molecule has 0 fully saturated rings. The molecule has 26 heavy (non-hydrogen) atoms. The number of anilines is 2. The highest BCUT2D eigenvalue weighted by atomic mass is 32.2. The van der Waals surface area contributed by atoms with Gasteiger partial charge in [0.1, 0.15) is 0 Å². The third-order valence-electron chi connectivity index (χ3n) is 5.31. The van der Waals surface area contributed by atoms with Crippen LogP contribution in [0.25, 0.3) is 0 Å². The van der Waals surface area contributed by atoms with Crippen LogP contribution in [0, 0.1) is 0 Å². The van der Waals surface area contributed by atoms with Crippen molar-refractivity contribution in [1.29, 1.82) is 0 Å². The zero-order chi connectivity index (χ0) is 18.3. The Labute approximate surface area is 154 Å². The average molecular weight is 370 g/mol. The number of aryl methyl sites for hydroxylation is 3. The number of amides is 1. The van der Waals surface area contributed by atoms with Gasteiger partial charge in [0.2, 0.25) is 5.91 Å². The van der Waals surface area contributed by atoms with Gasteiger partial charge in [-0.05, 0) is 79.1 Å². The number of hydrogen-bond acceptors (Lipinski definition) is 3. The molecule has 1 aliphatic heterocycles. The number of fused-ring (bicyclic) bond motifs is 2. The maximum Gasteiger partial charge on any atom is 0.261 e. The molecule has 0 unspecified atom stereocenters. The standard InChI is InChI=1S/C20H22N2O3S/c1-22-19-10-8-17(12-16(19)7-11-20(22)23)21-26(24,25)18-9-6-14-4-2-3-5-15(14)13-18/h6,8-10,12-13,21H,2-5,7,11H2,1H3. The maximum atomic E-state index is 12.8. The lowest BCUT2D eigenvalue weighted by molar-refractivity contribution is -0.118. The van der Waals surface area contributed by atoms with Crippen molar-refractivity contribution < 1.29 is 13.2 Å². The average Bonchev–Trinajstić information content (AvgIpc) is 2.64. The molecule has 1 aliphatic carbocycles. The predicted octanol–water partition coefficient (Wildman–Crippen LogP) is 3.28. The Bertz CT molecular complexity index is 983. The fourth-order valence-electron chi connectivity index (χ4n) is 3.81. The Hall–Kier alpha value is -2.34. The van der Waals surface area contributed by atoms with E-state index < -0.39 is 10.0 Å². The monoisotopic (exact) mass is 370 g/mol. The minimum atomic E-state index is -3.63. The molecule has 136 valence electrons. The number of carbonyl (C=O) groups is 1. The smallest absolute Gasteiger partial charge is 0.261 e. The van der Waals surface area contributed by atoms with Crippen molar-refractivity contribution >= 4 is 27.3 Å². The van der Waals surface area contributed by atoms with Crippen LogP contribution in [0.3, 0.4) is 0 Å². The fourth-order valence-corrected chi connectivity index (χ4v) is 4.91. The second-order valence-electron chi connectivity index (χ2n) is 7.04. The number of carbonyl (C=O) groups excluding carboxylic acids is 1. The Morgan fingerprint density at radius 3 is 2.46 bits per heavy atom. The van der Waals surface area contributed by atoms with E-state index in [1.54, 1.807) is 30.1 Å². The number of rotatable bonds is 3. The summed E-state index contributed by atoms with van der Waals surface area (Å²) in [4.78, 5) is 13.7. The van der Waals surface area contributed by atoms with Crippen LogP contribution in [0.15, 0.2) is 41.3 Å². The summed E-state index contributed by atoms with van der Waals surface area (Å²) in [5.74, 6) is 0.0832. The maximum absolute atomic E-state index is 12.8. The van der Waals surface area contributed by atoms with Crippen LogP contribution in [-0.4, -0.2) is 21.4 Å². The lowest BCUT2D eigenvalue weighted by Gasteiger charge is -2.26. The summed E-state index contributed by atoms with van der Waals surface area (Å²) in [5, 5.41) is 0. The van der Waals surface area contributed by atoms with Gasteiger partial charge in [-0.3, -0.25) is 9.52 Å². The first-order valence-electron chi connectivity index (χ1n) is 8.98. The summed E-state index contributed by atoms with van der Waals surface area (Å²) < 4.78 is 28.3. The van der Waals surface area contributed by atoms with E-state index in [1.807, 2.05) is 18.2 Å². The van der Waals surface area contributed by atoms with Crippen molar-refractivity contribution in [2.24, 2.45) is 0 Å². The molecular formula is C20H22N2O3S. The van der Waals surface area contributed by atoms with Crippen LogP contribution >= 0.6 is 0 Å². The summed E-state index contributed by atoms with van der Waals surface area (Å²) in [6.07, 6.45) is 5.33. The summed E-state index contributed by atoms with van der Waals surface area (Å²) in [6, 6.07) is 10.8. The predicted molar refractivity (Wildman–Crippen MR) is 102 cm³/mol. The Morgan fingerprint density at radius 1 is 0.885 bits per heavy atom. The molecule has 2 aromatic carbocycles. The molecule has 0 radical (unpaired) electrons. The van der Waals surface area contributed by atoms with E-state index in [1.165, 1.54) is 12.0 Å². The summed E-state index contributed by atoms with van der Waals surface area (Å²) >= 11 is 0. The number of sulfonamides is 1. The van der Waals surface area contributed by atoms with Crippen molar-refractivity contribution in [1.82, 2.24) is 0 Å². The van der Waals surface area contributed by atoms with Crippen molar-refractivity contribution in [3.63, 3.8) is 0 Å². The lowest BCUT2D eigenvalue weighted by atomic mass is 9.92. The molecule has 4 rings (SSSR count). The van der Waals surface area contributed by atoms with E-state index in [4.69, 9.17) is 0 Å². The van der Waals surface area contributed by atoms with Crippen LogP contribution in [0.1, 0.15) is 36.0 Å². The molecule has 0 atom stereocenters. The summed E-state index contributed by atoms with van der Waals surface area (Å²) in [7, 11) is -1.88. The van der Waals surface area contributed by atoms with E-state index in [9.17, 15) is 13.2 Å². The molecule has 2 aromatic rings. The molecule has 0 saturated carbocycles. The zero-order valence-corrected chi connectivity index (χ0v) is 15.6. The summed E-state index contributed by atoms with van der Waals surface area (Å²) in [5.41, 5.74) is 4.77. The lowest BCUT2D eigenvalue weighted by Crippen LogP contribution is -2.31. The third-order valence-corrected chi connectivity index (χ3v) is 6.68. The first-order valence-corrected chi connectivity index (χ1v) is 10.5. The minimum absolute atomic E-state index is 0.0832. The molecule has 1 heterocycles.